The minimum Gasteiger partial charge on any atom is -0.480 e. The highest BCUT2D eigenvalue weighted by atomic mass is 32.2. The van der Waals surface area contributed by atoms with Crippen molar-refractivity contribution in [3.63, 3.8) is 0 Å². The van der Waals surface area contributed by atoms with Crippen LogP contribution in [-0.4, -0.2) is 57.4 Å². The Morgan fingerprint density at radius 3 is 2.43 bits per heavy atom. The molecule has 0 aliphatic carbocycles. The number of carboxylic acid groups (broad SMARTS) is 1. The molecule has 0 atom stereocenters. The van der Waals surface area contributed by atoms with Crippen LogP contribution in [0.2, 0.25) is 0 Å². The Labute approximate surface area is 123 Å². The van der Waals surface area contributed by atoms with Gasteiger partial charge in [-0.3, -0.25) is 9.48 Å². The summed E-state index contributed by atoms with van der Waals surface area (Å²) in [6, 6.07) is 0. The SMILES string of the molecule is CCC1(O)CN(S(=O)(=O)c2c(C)nn(CC(=O)O)c2C)C1. The Morgan fingerprint density at radius 1 is 1.38 bits per heavy atom. The van der Waals surface area contributed by atoms with Gasteiger partial charge in [-0.2, -0.15) is 9.40 Å². The lowest BCUT2D eigenvalue weighted by atomic mass is 9.94. The second-order valence-electron chi connectivity index (χ2n) is 5.40. The first kappa shape index (κ1) is 15.9. The van der Waals surface area contributed by atoms with Crippen molar-refractivity contribution in [2.75, 3.05) is 13.1 Å². The second kappa shape index (κ2) is 5.08. The molecule has 1 aliphatic rings. The lowest BCUT2D eigenvalue weighted by Crippen LogP contribution is -2.62. The van der Waals surface area contributed by atoms with Crippen molar-refractivity contribution in [2.24, 2.45) is 0 Å². The standard InChI is InChI=1S/C12H19N3O5S/c1-4-12(18)6-14(7-12)21(19,20)11-8(2)13-15(9(11)3)5-10(16)17/h18H,4-7H2,1-3H3,(H,16,17). The maximum Gasteiger partial charge on any atom is 0.325 e. The third-order valence-electron chi connectivity index (χ3n) is 3.80. The normalized spacial score (nSPS) is 18.5. The Morgan fingerprint density at radius 2 is 1.95 bits per heavy atom. The molecule has 2 N–H and O–H groups in total. The van der Waals surface area contributed by atoms with Crippen molar-refractivity contribution < 1.29 is 23.4 Å². The summed E-state index contributed by atoms with van der Waals surface area (Å²) in [7, 11) is -3.76. The average molecular weight is 317 g/mol. The van der Waals surface area contributed by atoms with E-state index >= 15 is 0 Å². The zero-order valence-corrected chi connectivity index (χ0v) is 13.0. The molecular weight excluding hydrogens is 298 g/mol. The molecule has 1 saturated heterocycles. The smallest absolute Gasteiger partial charge is 0.325 e. The zero-order valence-electron chi connectivity index (χ0n) is 12.2. The summed E-state index contributed by atoms with van der Waals surface area (Å²) >= 11 is 0. The van der Waals surface area contributed by atoms with Crippen molar-refractivity contribution in [2.45, 2.75) is 44.2 Å². The monoisotopic (exact) mass is 317 g/mol. The maximum atomic E-state index is 12.6. The molecule has 0 bridgehead atoms. The summed E-state index contributed by atoms with van der Waals surface area (Å²) in [6.07, 6.45) is 0.481. The van der Waals surface area contributed by atoms with Gasteiger partial charge in [-0.15, -0.1) is 0 Å². The summed E-state index contributed by atoms with van der Waals surface area (Å²) in [5.74, 6) is -1.09. The van der Waals surface area contributed by atoms with E-state index in [1.54, 1.807) is 6.92 Å². The summed E-state index contributed by atoms with van der Waals surface area (Å²) in [5.41, 5.74) is -0.408. The lowest BCUT2D eigenvalue weighted by molar-refractivity contribution is -0.137. The van der Waals surface area contributed by atoms with Crippen molar-refractivity contribution in [3.8, 4) is 0 Å². The fraction of sp³-hybridized carbons (Fsp3) is 0.667. The first-order valence-electron chi connectivity index (χ1n) is 6.59. The summed E-state index contributed by atoms with van der Waals surface area (Å²) in [5, 5.41) is 22.7. The van der Waals surface area contributed by atoms with E-state index in [1.165, 1.54) is 18.2 Å². The van der Waals surface area contributed by atoms with Gasteiger partial charge >= 0.3 is 5.97 Å². The number of carboxylic acids is 1. The van der Waals surface area contributed by atoms with Gasteiger partial charge in [0.2, 0.25) is 10.0 Å². The highest BCUT2D eigenvalue weighted by Crippen LogP contribution is 2.32. The number of aliphatic hydroxyl groups is 1. The number of sulfonamides is 1. The largest absolute Gasteiger partial charge is 0.480 e. The maximum absolute atomic E-state index is 12.6. The molecule has 0 unspecified atom stereocenters. The topological polar surface area (TPSA) is 113 Å². The van der Waals surface area contributed by atoms with E-state index < -0.39 is 21.6 Å². The van der Waals surface area contributed by atoms with Gasteiger partial charge in [0.1, 0.15) is 11.4 Å². The van der Waals surface area contributed by atoms with Crippen LogP contribution in [0.25, 0.3) is 0 Å². The van der Waals surface area contributed by atoms with Crippen molar-refractivity contribution >= 4 is 16.0 Å². The van der Waals surface area contributed by atoms with E-state index in [4.69, 9.17) is 5.11 Å². The van der Waals surface area contributed by atoms with Gasteiger partial charge in [0.05, 0.1) is 17.0 Å². The third kappa shape index (κ3) is 2.68. The Balaban J connectivity index is 2.34. The van der Waals surface area contributed by atoms with E-state index in [1.807, 2.05) is 0 Å². The van der Waals surface area contributed by atoms with E-state index in [0.29, 0.717) is 12.1 Å². The van der Waals surface area contributed by atoms with Gasteiger partial charge < -0.3 is 10.2 Å². The molecule has 0 radical (unpaired) electrons. The fourth-order valence-electron chi connectivity index (χ4n) is 2.47. The van der Waals surface area contributed by atoms with Gasteiger partial charge in [0.15, 0.2) is 0 Å². The van der Waals surface area contributed by atoms with Gasteiger partial charge in [-0.05, 0) is 20.3 Å². The summed E-state index contributed by atoms with van der Waals surface area (Å²) in [6.45, 7) is 4.57. The zero-order chi connectivity index (χ0) is 16.0. The van der Waals surface area contributed by atoms with Crippen LogP contribution < -0.4 is 0 Å². The van der Waals surface area contributed by atoms with Crippen LogP contribution in [-0.2, 0) is 21.4 Å². The average Bonchev–Trinajstić information content (AvgIpc) is 2.59. The van der Waals surface area contributed by atoms with Crippen LogP contribution in [0.15, 0.2) is 4.90 Å². The molecule has 2 heterocycles. The minimum absolute atomic E-state index is 0.0295. The molecule has 2 rings (SSSR count). The third-order valence-corrected chi connectivity index (χ3v) is 5.84. The number of aromatic nitrogens is 2. The van der Waals surface area contributed by atoms with E-state index in [9.17, 15) is 18.3 Å². The van der Waals surface area contributed by atoms with E-state index in [-0.39, 0.29) is 30.2 Å². The number of hydrogen-bond donors (Lipinski definition) is 2. The highest BCUT2D eigenvalue weighted by molar-refractivity contribution is 7.89. The number of aryl methyl sites for hydroxylation is 1. The summed E-state index contributed by atoms with van der Waals surface area (Å²) in [4.78, 5) is 10.8. The Hall–Kier alpha value is -1.45. The molecule has 0 saturated carbocycles. The summed E-state index contributed by atoms with van der Waals surface area (Å²) < 4.78 is 27.5. The predicted octanol–water partition coefficient (Wildman–Crippen LogP) is -0.270. The van der Waals surface area contributed by atoms with Gasteiger partial charge in [-0.25, -0.2) is 8.42 Å². The first-order chi connectivity index (χ1) is 9.60. The van der Waals surface area contributed by atoms with Gasteiger partial charge in [0, 0.05) is 13.1 Å². The van der Waals surface area contributed by atoms with Crippen LogP contribution in [0.4, 0.5) is 0 Å². The lowest BCUT2D eigenvalue weighted by Gasteiger charge is -2.44. The number of carbonyl (C=O) groups is 1. The van der Waals surface area contributed by atoms with Gasteiger partial charge in [-0.1, -0.05) is 6.92 Å². The quantitative estimate of drug-likeness (QED) is 0.773. The van der Waals surface area contributed by atoms with Crippen molar-refractivity contribution in [1.82, 2.24) is 14.1 Å². The van der Waals surface area contributed by atoms with Crippen molar-refractivity contribution in [3.05, 3.63) is 11.4 Å². The van der Waals surface area contributed by atoms with Crippen molar-refractivity contribution in [1.29, 1.82) is 0 Å². The number of β-amino-alcohol motifs (C(OH)–C–C–N with tert-alkyl or cyclic N) is 1. The van der Waals surface area contributed by atoms with Crippen LogP contribution >= 0.6 is 0 Å². The first-order valence-corrected chi connectivity index (χ1v) is 8.03. The second-order valence-corrected chi connectivity index (χ2v) is 7.28. The molecule has 1 aromatic heterocycles. The predicted molar refractivity (Wildman–Crippen MR) is 73.3 cm³/mol. The Kier molecular flexibility index (Phi) is 3.85. The number of aliphatic carboxylic acids is 1. The van der Waals surface area contributed by atoms with Crippen LogP contribution in [0, 0.1) is 13.8 Å². The molecule has 9 heteroatoms. The number of rotatable bonds is 5. The molecule has 0 aromatic carbocycles. The fourth-order valence-corrected chi connectivity index (χ4v) is 4.44. The van der Waals surface area contributed by atoms with E-state index in [2.05, 4.69) is 5.10 Å². The molecule has 1 aliphatic heterocycles. The minimum atomic E-state index is -3.76. The Bertz CT molecular complexity index is 673. The van der Waals surface area contributed by atoms with Crippen LogP contribution in [0.1, 0.15) is 24.7 Å². The van der Waals surface area contributed by atoms with Gasteiger partial charge in [0.25, 0.3) is 0 Å². The highest BCUT2D eigenvalue weighted by Gasteiger charge is 2.47. The van der Waals surface area contributed by atoms with Crippen LogP contribution in [0.5, 0.6) is 0 Å². The molecule has 1 aromatic rings. The number of hydrogen-bond acceptors (Lipinski definition) is 5. The molecule has 21 heavy (non-hydrogen) atoms. The molecular formula is C12H19N3O5S. The molecule has 8 nitrogen and oxygen atoms in total. The molecule has 118 valence electrons. The van der Waals surface area contributed by atoms with E-state index in [0.717, 1.165) is 4.68 Å². The molecule has 0 amide bonds. The van der Waals surface area contributed by atoms with Crippen LogP contribution in [0.3, 0.4) is 0 Å². The number of nitrogens with zero attached hydrogens (tertiary/aromatic N) is 3. The molecule has 0 spiro atoms. The molecule has 1 fully saturated rings.